The van der Waals surface area contributed by atoms with Crippen LogP contribution in [0, 0.1) is 10.8 Å². The first-order chi connectivity index (χ1) is 12.5. The maximum Gasteiger partial charge on any atom is 0.260 e. The first-order valence-electron chi connectivity index (χ1n) is 9.65. The third kappa shape index (κ3) is 2.17. The van der Waals surface area contributed by atoms with Crippen LogP contribution in [0.15, 0.2) is 24.5 Å². The summed E-state index contributed by atoms with van der Waals surface area (Å²) in [6, 6.07) is 3.59. The molecule has 2 aliphatic heterocycles. The number of carbonyl (C=O) groups is 2. The zero-order valence-corrected chi connectivity index (χ0v) is 14.9. The minimum atomic E-state index is -1.60. The number of likely N-dealkylation sites (tertiary alicyclic amines) is 2. The number of rotatable bonds is 2. The number of pyridine rings is 1. The number of amides is 2. The Morgan fingerprint density at radius 1 is 0.962 bits per heavy atom. The van der Waals surface area contributed by atoms with Gasteiger partial charge in [0.25, 0.3) is 11.8 Å². The van der Waals surface area contributed by atoms with E-state index < -0.39 is 5.67 Å². The summed E-state index contributed by atoms with van der Waals surface area (Å²) >= 11 is 0. The molecule has 2 atom stereocenters. The van der Waals surface area contributed by atoms with E-state index in [1.54, 1.807) is 29.4 Å². The Kier molecular flexibility index (Phi) is 3.29. The molecule has 4 fully saturated rings. The molecule has 1 aromatic rings. The molecule has 0 N–H and O–H groups in total. The molecule has 2 saturated heterocycles. The van der Waals surface area contributed by atoms with Crippen molar-refractivity contribution in [3.63, 3.8) is 0 Å². The summed E-state index contributed by atoms with van der Waals surface area (Å²) in [4.78, 5) is 33.3. The molecule has 2 amide bonds. The molecule has 5 nitrogen and oxygen atoms in total. The average Bonchev–Trinajstić information content (AvgIpc) is 3.19. The molecule has 2 aliphatic carbocycles. The van der Waals surface area contributed by atoms with E-state index in [0.29, 0.717) is 44.6 Å². The molecule has 4 aliphatic rings. The average molecular weight is 357 g/mol. The van der Waals surface area contributed by atoms with Gasteiger partial charge in [-0.05, 0) is 37.8 Å². The van der Waals surface area contributed by atoms with Gasteiger partial charge >= 0.3 is 0 Å². The minimum Gasteiger partial charge on any atom is -0.339 e. The van der Waals surface area contributed by atoms with Crippen molar-refractivity contribution in [2.75, 3.05) is 26.2 Å². The van der Waals surface area contributed by atoms with Crippen LogP contribution in [0.25, 0.3) is 0 Å². The molecule has 26 heavy (non-hydrogen) atoms. The molecule has 1 aromatic heterocycles. The normalized spacial score (nSPS) is 34.3. The zero-order chi connectivity index (χ0) is 18.0. The Labute approximate surface area is 152 Å². The summed E-state index contributed by atoms with van der Waals surface area (Å²) in [6.07, 6.45) is 8.31. The van der Waals surface area contributed by atoms with E-state index in [9.17, 15) is 14.0 Å². The van der Waals surface area contributed by atoms with E-state index in [0.717, 1.165) is 25.7 Å². The van der Waals surface area contributed by atoms with Crippen LogP contribution in [-0.4, -0.2) is 58.4 Å². The van der Waals surface area contributed by atoms with Gasteiger partial charge in [0, 0.05) is 49.4 Å². The lowest BCUT2D eigenvalue weighted by Gasteiger charge is -2.41. The van der Waals surface area contributed by atoms with Crippen molar-refractivity contribution in [3.05, 3.63) is 30.1 Å². The van der Waals surface area contributed by atoms with Crippen LogP contribution in [0.2, 0.25) is 0 Å². The van der Waals surface area contributed by atoms with Gasteiger partial charge in [0.2, 0.25) is 0 Å². The summed E-state index contributed by atoms with van der Waals surface area (Å²) in [5.41, 5.74) is -1.11. The fourth-order valence-electron chi connectivity index (χ4n) is 5.68. The number of carbonyl (C=O) groups excluding carboxylic acids is 2. The van der Waals surface area contributed by atoms with Gasteiger partial charge in [0.1, 0.15) is 0 Å². The van der Waals surface area contributed by atoms with Crippen LogP contribution >= 0.6 is 0 Å². The number of alkyl halides is 1. The summed E-state index contributed by atoms with van der Waals surface area (Å²) in [6.45, 7) is 2.55. The number of hydrogen-bond acceptors (Lipinski definition) is 3. The van der Waals surface area contributed by atoms with Crippen molar-refractivity contribution in [2.45, 2.75) is 44.2 Å². The maximum absolute atomic E-state index is 14.4. The number of nitrogens with zero attached hydrogens (tertiary/aromatic N) is 3. The van der Waals surface area contributed by atoms with Crippen LogP contribution < -0.4 is 0 Å². The maximum atomic E-state index is 14.4. The molecular formula is C20H24FN3O2. The summed E-state index contributed by atoms with van der Waals surface area (Å²) in [7, 11) is 0. The summed E-state index contributed by atoms with van der Waals surface area (Å²) < 4.78 is 14.4. The monoisotopic (exact) mass is 357 g/mol. The van der Waals surface area contributed by atoms with Gasteiger partial charge in [-0.15, -0.1) is 0 Å². The fraction of sp³-hybridized carbons (Fsp3) is 0.650. The molecule has 0 bridgehead atoms. The van der Waals surface area contributed by atoms with Gasteiger partial charge in [0.15, 0.2) is 5.67 Å². The van der Waals surface area contributed by atoms with Crippen molar-refractivity contribution >= 4 is 11.8 Å². The summed E-state index contributed by atoms with van der Waals surface area (Å²) in [5, 5.41) is 0. The van der Waals surface area contributed by atoms with Crippen LogP contribution in [0.3, 0.4) is 0 Å². The zero-order valence-electron chi connectivity index (χ0n) is 14.9. The molecule has 6 heteroatoms. The molecule has 2 unspecified atom stereocenters. The second-order valence-corrected chi connectivity index (χ2v) is 8.80. The highest BCUT2D eigenvalue weighted by Gasteiger charge is 2.66. The van der Waals surface area contributed by atoms with Crippen molar-refractivity contribution in [1.82, 2.24) is 14.8 Å². The Morgan fingerprint density at radius 3 is 2.12 bits per heavy atom. The molecular weight excluding hydrogens is 333 g/mol. The van der Waals surface area contributed by atoms with E-state index >= 15 is 0 Å². The van der Waals surface area contributed by atoms with E-state index in [1.165, 1.54) is 0 Å². The van der Waals surface area contributed by atoms with Gasteiger partial charge in [-0.25, -0.2) is 4.39 Å². The molecule has 0 radical (unpaired) electrons. The lowest BCUT2D eigenvalue weighted by Crippen LogP contribution is -2.42. The second kappa shape index (κ2) is 5.27. The van der Waals surface area contributed by atoms with Gasteiger partial charge in [-0.1, -0.05) is 12.8 Å². The second-order valence-electron chi connectivity index (χ2n) is 8.80. The molecule has 138 valence electrons. The number of hydrogen-bond donors (Lipinski definition) is 0. The van der Waals surface area contributed by atoms with Gasteiger partial charge in [0.05, 0.1) is 5.56 Å². The van der Waals surface area contributed by atoms with Gasteiger partial charge < -0.3 is 9.80 Å². The van der Waals surface area contributed by atoms with Crippen LogP contribution in [-0.2, 0) is 4.79 Å². The molecule has 0 spiro atoms. The predicted octanol–water partition coefficient (Wildman–Crippen LogP) is 2.43. The van der Waals surface area contributed by atoms with Crippen molar-refractivity contribution < 1.29 is 14.0 Å². The standard InChI is InChI=1S/C20H24FN3O2/c21-20(7-8-20)17(26)24-13-18-5-1-2-6-19(18,14-24)12-23(11-18)16(25)15-4-3-9-22-10-15/h3-4,9-10H,1-2,5-8,11-14H2. The topological polar surface area (TPSA) is 53.5 Å². The Hall–Kier alpha value is -1.98. The van der Waals surface area contributed by atoms with E-state index in [2.05, 4.69) is 4.98 Å². The Morgan fingerprint density at radius 2 is 1.58 bits per heavy atom. The van der Waals surface area contributed by atoms with E-state index in [-0.39, 0.29) is 22.6 Å². The third-order valence-electron chi connectivity index (χ3n) is 7.21. The fourth-order valence-corrected chi connectivity index (χ4v) is 5.68. The lowest BCUT2D eigenvalue weighted by molar-refractivity contribution is -0.137. The SMILES string of the molecule is O=C(c1cccnc1)N1CC23CCCCC2(C1)CN(C(=O)C1(F)CC1)C3. The van der Waals surface area contributed by atoms with Crippen molar-refractivity contribution in [1.29, 1.82) is 0 Å². The Bertz CT molecular complexity index is 742. The van der Waals surface area contributed by atoms with E-state index in [4.69, 9.17) is 0 Å². The van der Waals surface area contributed by atoms with Gasteiger partial charge in [-0.2, -0.15) is 0 Å². The van der Waals surface area contributed by atoms with E-state index in [1.807, 2.05) is 4.90 Å². The number of aromatic nitrogens is 1. The predicted molar refractivity (Wildman–Crippen MR) is 93.1 cm³/mol. The van der Waals surface area contributed by atoms with Crippen molar-refractivity contribution in [3.8, 4) is 0 Å². The smallest absolute Gasteiger partial charge is 0.260 e. The van der Waals surface area contributed by atoms with Crippen LogP contribution in [0.1, 0.15) is 48.9 Å². The van der Waals surface area contributed by atoms with Crippen LogP contribution in [0.4, 0.5) is 4.39 Å². The summed E-state index contributed by atoms with van der Waals surface area (Å²) in [5.74, 6) is -0.284. The molecule has 2 saturated carbocycles. The molecule has 0 aromatic carbocycles. The van der Waals surface area contributed by atoms with Crippen LogP contribution in [0.5, 0.6) is 0 Å². The third-order valence-corrected chi connectivity index (χ3v) is 7.21. The number of halogens is 1. The first-order valence-corrected chi connectivity index (χ1v) is 9.65. The molecule has 5 rings (SSSR count). The minimum absolute atomic E-state index is 0.0233. The Balaban J connectivity index is 1.42. The first kappa shape index (κ1) is 16.2. The van der Waals surface area contributed by atoms with Gasteiger partial charge in [-0.3, -0.25) is 14.6 Å². The highest BCUT2D eigenvalue weighted by molar-refractivity contribution is 5.94. The quantitative estimate of drug-likeness (QED) is 0.817. The van der Waals surface area contributed by atoms with Crippen molar-refractivity contribution in [2.24, 2.45) is 10.8 Å². The highest BCUT2D eigenvalue weighted by atomic mass is 19.1. The lowest BCUT2D eigenvalue weighted by atomic mass is 9.60. The largest absolute Gasteiger partial charge is 0.339 e. The highest BCUT2D eigenvalue weighted by Crippen LogP contribution is 2.60. The molecule has 3 heterocycles.